The van der Waals surface area contributed by atoms with Gasteiger partial charge in [0.2, 0.25) is 5.95 Å². The lowest BCUT2D eigenvalue weighted by molar-refractivity contribution is -0.140. The number of ether oxygens (including phenoxy) is 3. The average molecular weight is 656 g/mol. The van der Waals surface area contributed by atoms with E-state index in [1.54, 1.807) is 41.3 Å². The summed E-state index contributed by atoms with van der Waals surface area (Å²) in [7, 11) is 2.72. The summed E-state index contributed by atoms with van der Waals surface area (Å²) < 4.78 is 57.2. The van der Waals surface area contributed by atoms with Gasteiger partial charge in [0.25, 0.3) is 0 Å². The molecule has 47 heavy (non-hydrogen) atoms. The van der Waals surface area contributed by atoms with E-state index < -0.39 is 29.0 Å². The van der Waals surface area contributed by atoms with Gasteiger partial charge < -0.3 is 29.3 Å². The van der Waals surface area contributed by atoms with E-state index in [2.05, 4.69) is 32.0 Å². The molecule has 2 aromatic carbocycles. The molecule has 1 aliphatic rings. The first-order chi connectivity index (χ1) is 22.3. The van der Waals surface area contributed by atoms with Crippen LogP contribution in [0.3, 0.4) is 0 Å². The number of carbonyl (C=O) groups excluding carboxylic acids is 2. The van der Waals surface area contributed by atoms with Crippen LogP contribution < -0.4 is 15.0 Å². The number of rotatable bonds is 6. The predicted octanol–water partition coefficient (Wildman–Crippen LogP) is 6.45. The van der Waals surface area contributed by atoms with Crippen LogP contribution in [-0.2, 0) is 26.9 Å². The fourth-order valence-electron chi connectivity index (χ4n) is 4.47. The summed E-state index contributed by atoms with van der Waals surface area (Å²) >= 11 is 0. The van der Waals surface area contributed by atoms with Crippen LogP contribution in [0.15, 0.2) is 48.7 Å². The van der Waals surface area contributed by atoms with E-state index in [1.807, 2.05) is 40.7 Å². The molecule has 3 aromatic rings. The number of nitrogens with one attached hydrogen (secondary N) is 1. The molecular weight excluding hydrogens is 615 g/mol. The Morgan fingerprint density at radius 1 is 0.979 bits per heavy atom. The topological polar surface area (TPSA) is 106 Å². The number of halogens is 3. The van der Waals surface area contributed by atoms with Crippen LogP contribution in [0.5, 0.6) is 5.75 Å². The van der Waals surface area contributed by atoms with E-state index >= 15 is 0 Å². The summed E-state index contributed by atoms with van der Waals surface area (Å²) in [6.45, 7) is 11.6. The fourth-order valence-corrected chi connectivity index (χ4v) is 4.47. The third-order valence-electron chi connectivity index (χ3n) is 6.72. The lowest BCUT2D eigenvalue weighted by Crippen LogP contribution is -2.50. The first kappa shape index (κ1) is 36.5. The molecule has 0 spiro atoms. The molecule has 1 aromatic heterocycles. The number of benzene rings is 2. The van der Waals surface area contributed by atoms with Gasteiger partial charge in [-0.1, -0.05) is 38.0 Å². The molecule has 2 heterocycles. The fraction of sp³-hybridized carbons (Fsp3) is 0.412. The summed E-state index contributed by atoms with van der Waals surface area (Å²) in [4.78, 5) is 35.9. The molecule has 1 saturated heterocycles. The Morgan fingerprint density at radius 3 is 2.28 bits per heavy atom. The van der Waals surface area contributed by atoms with Crippen LogP contribution >= 0.6 is 0 Å². The number of carbonyl (C=O) groups is 2. The molecule has 0 unspecified atom stereocenters. The Labute approximate surface area is 273 Å². The van der Waals surface area contributed by atoms with E-state index in [4.69, 9.17) is 14.2 Å². The number of aromatic nitrogens is 2. The Morgan fingerprint density at radius 2 is 1.66 bits per heavy atom. The number of amides is 1. The summed E-state index contributed by atoms with van der Waals surface area (Å²) in [5.41, 5.74) is -0.0686. The molecule has 13 heteroatoms. The van der Waals surface area contributed by atoms with Gasteiger partial charge in [-0.15, -0.1) is 0 Å². The first-order valence-corrected chi connectivity index (χ1v) is 15.1. The Hall–Kier alpha value is -4.99. The molecule has 1 fully saturated rings. The smallest absolute Gasteiger partial charge is 0.420 e. The molecule has 0 atom stereocenters. The van der Waals surface area contributed by atoms with Crippen molar-refractivity contribution in [3.05, 3.63) is 71.0 Å². The normalized spacial score (nSPS) is 13.0. The van der Waals surface area contributed by atoms with Gasteiger partial charge in [-0.05, 0) is 50.5 Å². The summed E-state index contributed by atoms with van der Waals surface area (Å²) in [5, 5.41) is 2.93. The molecule has 0 saturated carbocycles. The van der Waals surface area contributed by atoms with Crippen molar-refractivity contribution in [3.8, 4) is 17.6 Å². The number of methoxy groups -OCH3 is 2. The molecule has 0 bridgehead atoms. The number of piperazine rings is 1. The molecule has 0 aliphatic carbocycles. The lowest BCUT2D eigenvalue weighted by Gasteiger charge is -2.37. The molecule has 0 radical (unpaired) electrons. The largest absolute Gasteiger partial charge is 0.494 e. The van der Waals surface area contributed by atoms with Gasteiger partial charge >= 0.3 is 18.2 Å². The SMILES string of the molecule is CC.COC(=O)Cc1ccccc1C#Cc1nc(Nc2ccc(N3CCN(C(=O)OC(C)(C)C)CC3)cc2OC)ncc1C(F)(F)F. The van der Waals surface area contributed by atoms with Gasteiger partial charge in [0.15, 0.2) is 0 Å². The second-order valence-corrected chi connectivity index (χ2v) is 11.1. The maximum atomic E-state index is 13.8. The van der Waals surface area contributed by atoms with Gasteiger partial charge in [0.1, 0.15) is 22.6 Å². The standard InChI is InChI=1S/C32H34F3N5O5.C2H6/c1-31(2,3)45-30(42)40-16-14-39(15-17-40)23-11-13-26(27(19-23)43-4)38-29-36-20-24(32(33,34)35)25(37-29)12-10-21-8-6-7-9-22(21)18-28(41)44-5;1-2/h6-9,11,13,19-20H,14-18H2,1-5H3,(H,36,37,38);1-2H3. The highest BCUT2D eigenvalue weighted by Crippen LogP contribution is 2.34. The summed E-state index contributed by atoms with van der Waals surface area (Å²) in [5.74, 6) is 5.01. The minimum Gasteiger partial charge on any atom is -0.494 e. The lowest BCUT2D eigenvalue weighted by atomic mass is 10.0. The minimum atomic E-state index is -4.75. The van der Waals surface area contributed by atoms with Crippen LogP contribution in [0.1, 0.15) is 57.0 Å². The highest BCUT2D eigenvalue weighted by atomic mass is 19.4. The van der Waals surface area contributed by atoms with Gasteiger partial charge in [-0.2, -0.15) is 13.2 Å². The van der Waals surface area contributed by atoms with Crippen LogP contribution in [0, 0.1) is 11.8 Å². The van der Waals surface area contributed by atoms with Crippen LogP contribution in [0.25, 0.3) is 0 Å². The van der Waals surface area contributed by atoms with E-state index in [0.29, 0.717) is 54.9 Å². The van der Waals surface area contributed by atoms with Crippen molar-refractivity contribution >= 4 is 29.4 Å². The summed E-state index contributed by atoms with van der Waals surface area (Å²) in [6, 6.07) is 11.9. The van der Waals surface area contributed by atoms with Crippen molar-refractivity contribution in [2.75, 3.05) is 50.6 Å². The van der Waals surface area contributed by atoms with Crippen molar-refractivity contribution in [1.29, 1.82) is 0 Å². The Bertz CT molecular complexity index is 1600. The molecule has 1 amide bonds. The van der Waals surface area contributed by atoms with Crippen molar-refractivity contribution in [1.82, 2.24) is 14.9 Å². The maximum absolute atomic E-state index is 13.8. The van der Waals surface area contributed by atoms with Crippen molar-refractivity contribution in [3.63, 3.8) is 0 Å². The molecule has 1 aliphatic heterocycles. The number of anilines is 3. The zero-order valence-corrected chi connectivity index (χ0v) is 27.6. The molecule has 10 nitrogen and oxygen atoms in total. The van der Waals surface area contributed by atoms with Crippen molar-refractivity contribution < 1.29 is 37.0 Å². The van der Waals surface area contributed by atoms with E-state index in [1.165, 1.54) is 14.2 Å². The monoisotopic (exact) mass is 655 g/mol. The van der Waals surface area contributed by atoms with Crippen LogP contribution in [0.2, 0.25) is 0 Å². The zero-order chi connectivity index (χ0) is 34.8. The van der Waals surface area contributed by atoms with Gasteiger partial charge in [0.05, 0.1) is 26.3 Å². The zero-order valence-electron chi connectivity index (χ0n) is 27.6. The molecule has 1 N–H and O–H groups in total. The van der Waals surface area contributed by atoms with Crippen molar-refractivity contribution in [2.45, 2.75) is 52.8 Å². The number of nitrogens with zero attached hydrogens (tertiary/aromatic N) is 4. The third kappa shape index (κ3) is 10.3. The second kappa shape index (κ2) is 16.0. The van der Waals surface area contributed by atoms with Crippen LogP contribution in [-0.4, -0.2) is 72.9 Å². The number of alkyl halides is 3. The molecule has 4 rings (SSSR count). The average Bonchev–Trinajstić information content (AvgIpc) is 3.04. The van der Waals surface area contributed by atoms with Gasteiger partial charge in [-0.25, -0.2) is 14.8 Å². The van der Waals surface area contributed by atoms with E-state index in [0.717, 1.165) is 5.69 Å². The molecular formula is C34H40F3N5O5. The molecule has 252 valence electrons. The highest BCUT2D eigenvalue weighted by Gasteiger charge is 2.35. The Kier molecular flexibility index (Phi) is 12.4. The third-order valence-corrected chi connectivity index (χ3v) is 6.72. The summed E-state index contributed by atoms with van der Waals surface area (Å²) in [6.07, 6.45) is -4.52. The minimum absolute atomic E-state index is 0.0841. The Balaban J connectivity index is 0.00000294. The number of hydrogen-bond acceptors (Lipinski definition) is 9. The predicted molar refractivity (Wildman–Crippen MR) is 173 cm³/mol. The highest BCUT2D eigenvalue weighted by molar-refractivity contribution is 5.74. The second-order valence-electron chi connectivity index (χ2n) is 11.1. The van der Waals surface area contributed by atoms with Crippen LogP contribution in [0.4, 0.5) is 35.3 Å². The van der Waals surface area contributed by atoms with E-state index in [-0.39, 0.29) is 18.5 Å². The first-order valence-electron chi connectivity index (χ1n) is 15.1. The van der Waals surface area contributed by atoms with Gasteiger partial charge in [0, 0.05) is 49.7 Å². The van der Waals surface area contributed by atoms with Crippen molar-refractivity contribution in [2.24, 2.45) is 0 Å². The quantitative estimate of drug-likeness (QED) is 0.237. The number of hydrogen-bond donors (Lipinski definition) is 1. The van der Waals surface area contributed by atoms with E-state index in [9.17, 15) is 22.8 Å². The van der Waals surface area contributed by atoms with Gasteiger partial charge in [-0.3, -0.25) is 4.79 Å². The number of esters is 1. The maximum Gasteiger partial charge on any atom is 0.420 e.